The second kappa shape index (κ2) is 5.78. The number of carbonyl (C=O) groups is 1. The van der Waals surface area contributed by atoms with E-state index < -0.39 is 6.29 Å². The highest BCUT2D eigenvalue weighted by molar-refractivity contribution is 6.09. The van der Waals surface area contributed by atoms with Gasteiger partial charge in [-0.15, -0.1) is 8.78 Å². The van der Waals surface area contributed by atoms with Crippen molar-refractivity contribution < 1.29 is 23.0 Å². The van der Waals surface area contributed by atoms with Gasteiger partial charge in [0.05, 0.1) is 12.7 Å². The standard InChI is InChI=1S/C20H13F2N5O3/c21-20(22)29-15-3-2-13(9-16(15)30-20)26-7-8-27-18(19(26)28)14(10-24-27)12-1-4-17-23-5-6-25(17)11-12/h1-6,9-11H,7-8H2. The molecule has 0 atom stereocenters. The lowest BCUT2D eigenvalue weighted by atomic mass is 10.1. The molecule has 0 saturated heterocycles. The van der Waals surface area contributed by atoms with Crippen molar-refractivity contribution in [2.75, 3.05) is 11.4 Å². The van der Waals surface area contributed by atoms with Crippen LogP contribution in [0.3, 0.4) is 0 Å². The first-order valence-electron chi connectivity index (χ1n) is 9.19. The highest BCUT2D eigenvalue weighted by Crippen LogP contribution is 2.43. The molecule has 5 heterocycles. The van der Waals surface area contributed by atoms with Gasteiger partial charge in [-0.25, -0.2) is 4.98 Å². The van der Waals surface area contributed by atoms with Crippen molar-refractivity contribution >= 4 is 17.2 Å². The predicted octanol–water partition coefficient (Wildman–Crippen LogP) is 3.18. The molecule has 0 spiro atoms. The van der Waals surface area contributed by atoms with E-state index in [-0.39, 0.29) is 17.4 Å². The summed E-state index contributed by atoms with van der Waals surface area (Å²) in [6, 6.07) is 8.07. The van der Waals surface area contributed by atoms with Gasteiger partial charge in [-0.1, -0.05) is 0 Å². The quantitative estimate of drug-likeness (QED) is 0.509. The van der Waals surface area contributed by atoms with E-state index in [1.165, 1.54) is 17.0 Å². The van der Waals surface area contributed by atoms with E-state index >= 15 is 0 Å². The molecule has 2 aliphatic rings. The van der Waals surface area contributed by atoms with Crippen molar-refractivity contribution in [1.82, 2.24) is 19.2 Å². The van der Waals surface area contributed by atoms with Gasteiger partial charge in [-0.2, -0.15) is 5.10 Å². The Labute approximate surface area is 167 Å². The smallest absolute Gasteiger partial charge is 0.395 e. The average molecular weight is 409 g/mol. The number of benzene rings is 1. The molecule has 4 aromatic rings. The number of anilines is 1. The summed E-state index contributed by atoms with van der Waals surface area (Å²) in [4.78, 5) is 19.1. The van der Waals surface area contributed by atoms with Crippen LogP contribution in [0.25, 0.3) is 16.8 Å². The lowest BCUT2D eigenvalue weighted by Crippen LogP contribution is -2.40. The van der Waals surface area contributed by atoms with Crippen LogP contribution in [0.2, 0.25) is 0 Å². The third-order valence-corrected chi connectivity index (χ3v) is 5.22. The van der Waals surface area contributed by atoms with E-state index in [0.29, 0.717) is 30.0 Å². The third kappa shape index (κ3) is 2.46. The van der Waals surface area contributed by atoms with Crippen LogP contribution in [0.15, 0.2) is 55.1 Å². The first-order chi connectivity index (χ1) is 14.5. The van der Waals surface area contributed by atoms with E-state index in [9.17, 15) is 13.6 Å². The van der Waals surface area contributed by atoms with Crippen molar-refractivity contribution in [2.24, 2.45) is 0 Å². The molecule has 10 heteroatoms. The fourth-order valence-corrected chi connectivity index (χ4v) is 3.85. The largest absolute Gasteiger partial charge is 0.586 e. The molecule has 1 amide bonds. The minimum atomic E-state index is -3.70. The topological polar surface area (TPSA) is 73.9 Å². The summed E-state index contributed by atoms with van der Waals surface area (Å²) >= 11 is 0. The number of alkyl halides is 2. The minimum absolute atomic E-state index is 0.0624. The Morgan fingerprint density at radius 1 is 1.07 bits per heavy atom. The maximum absolute atomic E-state index is 13.3. The van der Waals surface area contributed by atoms with E-state index in [0.717, 1.165) is 11.2 Å². The van der Waals surface area contributed by atoms with E-state index in [1.54, 1.807) is 23.1 Å². The summed E-state index contributed by atoms with van der Waals surface area (Å²) in [7, 11) is 0. The van der Waals surface area contributed by atoms with E-state index in [4.69, 9.17) is 0 Å². The lowest BCUT2D eigenvalue weighted by molar-refractivity contribution is -0.286. The van der Waals surface area contributed by atoms with Crippen LogP contribution < -0.4 is 14.4 Å². The number of fused-ring (bicyclic) bond motifs is 3. The molecule has 0 unspecified atom stereocenters. The van der Waals surface area contributed by atoms with Gasteiger partial charge in [0.2, 0.25) is 0 Å². The Hall–Kier alpha value is -3.95. The Balaban J connectivity index is 1.39. The molecule has 6 rings (SSSR count). The number of rotatable bonds is 2. The predicted molar refractivity (Wildman–Crippen MR) is 101 cm³/mol. The van der Waals surface area contributed by atoms with E-state index in [2.05, 4.69) is 19.6 Å². The van der Waals surface area contributed by atoms with Gasteiger partial charge < -0.3 is 18.8 Å². The molecule has 2 aliphatic heterocycles. The second-order valence-corrected chi connectivity index (χ2v) is 7.00. The Kier molecular flexibility index (Phi) is 3.27. The van der Waals surface area contributed by atoms with Gasteiger partial charge in [-0.3, -0.25) is 9.48 Å². The number of aromatic nitrogens is 4. The number of nitrogens with zero attached hydrogens (tertiary/aromatic N) is 5. The number of hydrogen-bond acceptors (Lipinski definition) is 5. The Bertz CT molecular complexity index is 1330. The molecule has 0 saturated carbocycles. The average Bonchev–Trinajstić information content (AvgIpc) is 3.42. The molecule has 30 heavy (non-hydrogen) atoms. The van der Waals surface area contributed by atoms with Crippen LogP contribution in [-0.4, -0.2) is 37.9 Å². The summed E-state index contributed by atoms with van der Waals surface area (Å²) in [6.45, 7) is 0.822. The van der Waals surface area contributed by atoms with Gasteiger partial charge in [0.25, 0.3) is 5.91 Å². The van der Waals surface area contributed by atoms with Crippen molar-refractivity contribution in [3.8, 4) is 22.6 Å². The lowest BCUT2D eigenvalue weighted by Gasteiger charge is -2.28. The molecule has 0 N–H and O–H groups in total. The van der Waals surface area contributed by atoms with Crippen molar-refractivity contribution in [3.63, 3.8) is 0 Å². The van der Waals surface area contributed by atoms with Gasteiger partial charge in [0.15, 0.2) is 11.5 Å². The SMILES string of the molecule is O=C1c2c(-c3ccc4nccn4c3)cnn2CCN1c1ccc2c(c1)OC(F)(F)O2. The van der Waals surface area contributed by atoms with Crippen LogP contribution in [0.5, 0.6) is 11.5 Å². The van der Waals surface area contributed by atoms with Crippen molar-refractivity contribution in [2.45, 2.75) is 12.8 Å². The summed E-state index contributed by atoms with van der Waals surface area (Å²) in [5, 5.41) is 4.36. The van der Waals surface area contributed by atoms with Crippen LogP contribution in [-0.2, 0) is 6.54 Å². The molecule has 0 fully saturated rings. The summed E-state index contributed by atoms with van der Waals surface area (Å²) in [5.41, 5.74) is 3.19. The molecular weight excluding hydrogens is 396 g/mol. The molecule has 3 aromatic heterocycles. The molecule has 150 valence electrons. The monoisotopic (exact) mass is 409 g/mol. The number of pyridine rings is 1. The van der Waals surface area contributed by atoms with E-state index in [1.807, 2.05) is 28.9 Å². The Morgan fingerprint density at radius 2 is 1.93 bits per heavy atom. The summed E-state index contributed by atoms with van der Waals surface area (Å²) in [6.07, 6.45) is 3.36. The van der Waals surface area contributed by atoms with Crippen molar-refractivity contribution in [3.05, 3.63) is 60.8 Å². The first kappa shape index (κ1) is 17.0. The zero-order valence-electron chi connectivity index (χ0n) is 15.3. The molecule has 0 bridgehead atoms. The first-order valence-corrected chi connectivity index (χ1v) is 9.19. The molecule has 0 radical (unpaired) electrons. The number of amides is 1. The number of halogens is 2. The van der Waals surface area contributed by atoms with Crippen molar-refractivity contribution in [1.29, 1.82) is 0 Å². The molecule has 8 nitrogen and oxygen atoms in total. The number of carbonyl (C=O) groups excluding carboxylic acids is 1. The summed E-state index contributed by atoms with van der Waals surface area (Å²) in [5.74, 6) is -0.437. The van der Waals surface area contributed by atoms with Gasteiger partial charge in [0, 0.05) is 48.0 Å². The van der Waals surface area contributed by atoms with Gasteiger partial charge >= 0.3 is 6.29 Å². The van der Waals surface area contributed by atoms with Crippen LogP contribution in [0.4, 0.5) is 14.5 Å². The van der Waals surface area contributed by atoms with Gasteiger partial charge in [-0.05, 0) is 24.3 Å². The van der Waals surface area contributed by atoms with Crippen LogP contribution >= 0.6 is 0 Å². The maximum Gasteiger partial charge on any atom is 0.586 e. The minimum Gasteiger partial charge on any atom is -0.395 e. The number of ether oxygens (including phenoxy) is 2. The van der Waals surface area contributed by atoms with Gasteiger partial charge in [0.1, 0.15) is 11.3 Å². The summed E-state index contributed by atoms with van der Waals surface area (Å²) < 4.78 is 39.1. The molecule has 0 aliphatic carbocycles. The maximum atomic E-state index is 13.3. The Morgan fingerprint density at radius 3 is 2.83 bits per heavy atom. The molecular formula is C20H13F2N5O3. The normalized spacial score (nSPS) is 16.9. The third-order valence-electron chi connectivity index (χ3n) is 5.22. The highest BCUT2D eigenvalue weighted by atomic mass is 19.3. The second-order valence-electron chi connectivity index (χ2n) is 7.00. The van der Waals surface area contributed by atoms with Crippen LogP contribution in [0, 0.1) is 0 Å². The zero-order chi connectivity index (χ0) is 20.5. The fraction of sp³-hybridized carbons (Fsp3) is 0.150. The fourth-order valence-electron chi connectivity index (χ4n) is 3.85. The molecule has 1 aromatic carbocycles. The highest BCUT2D eigenvalue weighted by Gasteiger charge is 2.44. The zero-order valence-corrected chi connectivity index (χ0v) is 15.3. The number of imidazole rings is 1. The number of hydrogen-bond donors (Lipinski definition) is 0. The van der Waals surface area contributed by atoms with Crippen LogP contribution in [0.1, 0.15) is 10.5 Å².